The fourth-order valence-corrected chi connectivity index (χ4v) is 1.23. The lowest BCUT2D eigenvalue weighted by atomic mass is 10.1. The predicted molar refractivity (Wildman–Crippen MR) is 55.8 cm³/mol. The van der Waals surface area contributed by atoms with Gasteiger partial charge in [-0.1, -0.05) is 6.92 Å². The Bertz CT molecular complexity index is 394. The van der Waals surface area contributed by atoms with Crippen LogP contribution in [0.1, 0.15) is 17.3 Å². The molecule has 0 amide bonds. The Kier molecular flexibility index (Phi) is 4.37. The number of benzene rings is 1. The summed E-state index contributed by atoms with van der Waals surface area (Å²) in [6.45, 7) is 2.39. The summed E-state index contributed by atoms with van der Waals surface area (Å²) in [4.78, 5) is 11.5. The molecule has 0 aromatic heterocycles. The highest BCUT2D eigenvalue weighted by Gasteiger charge is 2.15. The number of carbonyl (C=O) groups is 1. The van der Waals surface area contributed by atoms with Crippen LogP contribution in [0.3, 0.4) is 0 Å². The summed E-state index contributed by atoms with van der Waals surface area (Å²) >= 11 is 0. The number of methoxy groups -OCH3 is 1. The maximum atomic E-state index is 13.4. The molecule has 1 aromatic rings. The normalized spacial score (nSPS) is 10.2. The lowest BCUT2D eigenvalue weighted by molar-refractivity contribution is 0.0987. The van der Waals surface area contributed by atoms with Crippen molar-refractivity contribution in [3.8, 4) is 5.75 Å². The molecule has 0 radical (unpaired) electrons. The van der Waals surface area contributed by atoms with E-state index in [-0.39, 0.29) is 17.9 Å². The van der Waals surface area contributed by atoms with Crippen LogP contribution in [0.25, 0.3) is 0 Å². The molecular weight excluding hydrogens is 216 g/mol. The van der Waals surface area contributed by atoms with E-state index in [1.807, 2.05) is 6.92 Å². The number of rotatable bonds is 5. The lowest BCUT2D eigenvalue weighted by Crippen LogP contribution is -2.23. The van der Waals surface area contributed by atoms with Gasteiger partial charge < -0.3 is 10.1 Å². The van der Waals surface area contributed by atoms with Crippen LogP contribution in [0, 0.1) is 11.6 Å². The lowest BCUT2D eigenvalue weighted by Gasteiger charge is -2.06. The number of nitrogens with one attached hydrogen (secondary N) is 1. The summed E-state index contributed by atoms with van der Waals surface area (Å²) in [5.41, 5.74) is -0.265. The van der Waals surface area contributed by atoms with Crippen LogP contribution in [-0.4, -0.2) is 26.0 Å². The van der Waals surface area contributed by atoms with Gasteiger partial charge in [0.25, 0.3) is 0 Å². The van der Waals surface area contributed by atoms with E-state index in [1.165, 1.54) is 7.11 Å². The minimum atomic E-state index is -0.777. The number of hydrogen-bond donors (Lipinski definition) is 1. The van der Waals surface area contributed by atoms with E-state index < -0.39 is 17.4 Å². The number of likely N-dealkylation sites (N-methyl/N-ethyl adjacent to an activating group) is 1. The molecule has 1 rings (SSSR count). The Labute approximate surface area is 92.4 Å². The number of ether oxygens (including phenoxy) is 1. The first-order valence-corrected chi connectivity index (χ1v) is 4.87. The molecule has 0 saturated heterocycles. The summed E-state index contributed by atoms with van der Waals surface area (Å²) < 4.78 is 31.2. The molecule has 3 nitrogen and oxygen atoms in total. The van der Waals surface area contributed by atoms with Crippen LogP contribution in [0.4, 0.5) is 8.78 Å². The maximum absolute atomic E-state index is 13.4. The van der Waals surface area contributed by atoms with Gasteiger partial charge in [-0.3, -0.25) is 4.79 Å². The fourth-order valence-electron chi connectivity index (χ4n) is 1.23. The minimum absolute atomic E-state index is 0.0147. The Morgan fingerprint density at radius 2 is 2.06 bits per heavy atom. The van der Waals surface area contributed by atoms with Gasteiger partial charge in [0.05, 0.1) is 19.2 Å². The number of carbonyl (C=O) groups excluding carboxylic acids is 1. The molecule has 5 heteroatoms. The van der Waals surface area contributed by atoms with Crippen molar-refractivity contribution in [1.29, 1.82) is 0 Å². The first-order valence-electron chi connectivity index (χ1n) is 4.87. The zero-order valence-corrected chi connectivity index (χ0v) is 9.14. The first kappa shape index (κ1) is 12.6. The summed E-state index contributed by atoms with van der Waals surface area (Å²) in [7, 11) is 1.23. The Morgan fingerprint density at radius 1 is 1.38 bits per heavy atom. The average Bonchev–Trinajstić information content (AvgIpc) is 2.28. The Balaban J connectivity index is 2.97. The summed E-state index contributed by atoms with van der Waals surface area (Å²) in [6.07, 6.45) is 0. The molecular formula is C11H13F2NO2. The Morgan fingerprint density at radius 3 is 2.62 bits per heavy atom. The van der Waals surface area contributed by atoms with Crippen molar-refractivity contribution in [2.45, 2.75) is 6.92 Å². The molecule has 0 fully saturated rings. The van der Waals surface area contributed by atoms with Crippen molar-refractivity contribution >= 4 is 5.78 Å². The molecule has 0 aliphatic carbocycles. The van der Waals surface area contributed by atoms with E-state index in [4.69, 9.17) is 0 Å². The monoisotopic (exact) mass is 229 g/mol. The van der Waals surface area contributed by atoms with Crippen molar-refractivity contribution in [2.75, 3.05) is 20.2 Å². The largest absolute Gasteiger partial charge is 0.494 e. The first-order chi connectivity index (χ1) is 7.60. The van der Waals surface area contributed by atoms with Crippen LogP contribution < -0.4 is 10.1 Å². The molecule has 0 bridgehead atoms. The van der Waals surface area contributed by atoms with Gasteiger partial charge in [-0.2, -0.15) is 0 Å². The van der Waals surface area contributed by atoms with Gasteiger partial charge in [-0.05, 0) is 12.6 Å². The highest BCUT2D eigenvalue weighted by molar-refractivity contribution is 5.98. The van der Waals surface area contributed by atoms with Crippen molar-refractivity contribution in [3.05, 3.63) is 29.3 Å². The fraction of sp³-hybridized carbons (Fsp3) is 0.364. The van der Waals surface area contributed by atoms with E-state index in [0.29, 0.717) is 6.54 Å². The predicted octanol–water partition coefficient (Wildman–Crippen LogP) is 1.77. The molecule has 16 heavy (non-hydrogen) atoms. The summed E-state index contributed by atoms with van der Waals surface area (Å²) in [5.74, 6) is -2.22. The van der Waals surface area contributed by atoms with Crippen LogP contribution in [-0.2, 0) is 0 Å². The van der Waals surface area contributed by atoms with Crippen LogP contribution in [0.5, 0.6) is 5.75 Å². The molecule has 0 heterocycles. The standard InChI is InChI=1S/C11H13F2NO2/c1-3-14-6-10(15)7-4-9(13)11(16-2)5-8(7)12/h4-5,14H,3,6H2,1-2H3. The van der Waals surface area contributed by atoms with Crippen LogP contribution in [0.15, 0.2) is 12.1 Å². The van der Waals surface area contributed by atoms with Crippen LogP contribution >= 0.6 is 0 Å². The number of ketones is 1. The second kappa shape index (κ2) is 5.55. The molecule has 0 atom stereocenters. The average molecular weight is 229 g/mol. The zero-order chi connectivity index (χ0) is 12.1. The second-order valence-corrected chi connectivity index (χ2v) is 3.17. The van der Waals surface area contributed by atoms with Gasteiger partial charge >= 0.3 is 0 Å². The quantitative estimate of drug-likeness (QED) is 0.782. The third kappa shape index (κ3) is 2.76. The van der Waals surface area contributed by atoms with Gasteiger partial charge in [0, 0.05) is 6.07 Å². The van der Waals surface area contributed by atoms with Gasteiger partial charge in [0.15, 0.2) is 17.3 Å². The minimum Gasteiger partial charge on any atom is -0.494 e. The zero-order valence-electron chi connectivity index (χ0n) is 9.14. The van der Waals surface area contributed by atoms with E-state index in [0.717, 1.165) is 12.1 Å². The van der Waals surface area contributed by atoms with Gasteiger partial charge in [0.1, 0.15) is 5.82 Å². The van der Waals surface area contributed by atoms with E-state index in [1.54, 1.807) is 0 Å². The van der Waals surface area contributed by atoms with E-state index in [9.17, 15) is 13.6 Å². The molecule has 0 unspecified atom stereocenters. The van der Waals surface area contributed by atoms with Gasteiger partial charge in [0.2, 0.25) is 0 Å². The third-order valence-corrected chi connectivity index (χ3v) is 2.08. The molecule has 1 N–H and O–H groups in total. The number of Topliss-reactive ketones (excluding diaryl/α,β-unsaturated/α-hetero) is 1. The maximum Gasteiger partial charge on any atom is 0.179 e. The van der Waals surface area contributed by atoms with Gasteiger partial charge in [-0.25, -0.2) is 8.78 Å². The topological polar surface area (TPSA) is 38.3 Å². The molecule has 0 aliphatic heterocycles. The van der Waals surface area contributed by atoms with E-state index >= 15 is 0 Å². The number of hydrogen-bond acceptors (Lipinski definition) is 3. The van der Waals surface area contributed by atoms with E-state index in [2.05, 4.69) is 10.1 Å². The SMILES string of the molecule is CCNCC(=O)c1cc(F)c(OC)cc1F. The van der Waals surface area contributed by atoms with Crippen molar-refractivity contribution in [3.63, 3.8) is 0 Å². The molecule has 88 valence electrons. The smallest absolute Gasteiger partial charge is 0.179 e. The summed E-state index contributed by atoms with van der Waals surface area (Å²) in [5, 5.41) is 2.75. The third-order valence-electron chi connectivity index (χ3n) is 2.08. The van der Waals surface area contributed by atoms with Crippen molar-refractivity contribution in [1.82, 2.24) is 5.32 Å². The highest BCUT2D eigenvalue weighted by Crippen LogP contribution is 2.21. The molecule has 0 spiro atoms. The van der Waals surface area contributed by atoms with Gasteiger partial charge in [-0.15, -0.1) is 0 Å². The van der Waals surface area contributed by atoms with Crippen molar-refractivity contribution in [2.24, 2.45) is 0 Å². The molecule has 0 saturated carbocycles. The number of halogens is 2. The molecule has 0 aliphatic rings. The summed E-state index contributed by atoms with van der Waals surface area (Å²) in [6, 6.07) is 1.72. The Hall–Kier alpha value is -1.49. The second-order valence-electron chi connectivity index (χ2n) is 3.17. The molecule has 1 aromatic carbocycles. The van der Waals surface area contributed by atoms with Crippen LogP contribution in [0.2, 0.25) is 0 Å². The van der Waals surface area contributed by atoms with Crippen molar-refractivity contribution < 1.29 is 18.3 Å². The highest BCUT2D eigenvalue weighted by atomic mass is 19.1.